The Kier molecular flexibility index (Phi) is 5.26. The number of nitrogens with zero attached hydrogens (tertiary/aromatic N) is 1. The fourth-order valence-corrected chi connectivity index (χ4v) is 2.02. The predicted octanol–water partition coefficient (Wildman–Crippen LogP) is 3.05. The van der Waals surface area contributed by atoms with Gasteiger partial charge in [-0.2, -0.15) is 0 Å². The molecule has 0 heterocycles. The number of hydrogen-bond donors (Lipinski definition) is 0. The van der Waals surface area contributed by atoms with E-state index in [9.17, 15) is 19.7 Å². The number of esters is 2. The molecular weight excluding hydrogens is 314 g/mol. The highest BCUT2D eigenvalue weighted by Gasteiger charge is 2.16. The van der Waals surface area contributed by atoms with Crippen LogP contribution in [0.2, 0.25) is 0 Å². The lowest BCUT2D eigenvalue weighted by Crippen LogP contribution is -2.07. The number of ether oxygens (including phenoxy) is 2. The topological polar surface area (TPSA) is 95.7 Å². The number of aryl methyl sites for hydroxylation is 1. The zero-order valence-electron chi connectivity index (χ0n) is 13.1. The van der Waals surface area contributed by atoms with E-state index in [2.05, 4.69) is 4.74 Å². The van der Waals surface area contributed by atoms with Gasteiger partial charge in [-0.05, 0) is 30.7 Å². The van der Waals surface area contributed by atoms with Gasteiger partial charge in [0.2, 0.25) is 0 Å². The molecule has 7 heteroatoms. The standard InChI is InChI=1S/C17H15NO6/c1-11-3-6-14(9-15(11)18(21)22)17(20)24-10-12-4-7-13(8-5-12)16(19)23-2/h3-9H,10H2,1-2H3. The first-order valence-corrected chi connectivity index (χ1v) is 7.02. The van der Waals surface area contributed by atoms with Gasteiger partial charge < -0.3 is 9.47 Å². The molecule has 0 N–H and O–H groups in total. The van der Waals surface area contributed by atoms with Gasteiger partial charge in [-0.15, -0.1) is 0 Å². The van der Waals surface area contributed by atoms with Gasteiger partial charge in [0.1, 0.15) is 6.61 Å². The first-order chi connectivity index (χ1) is 11.4. The summed E-state index contributed by atoms with van der Waals surface area (Å²) in [5.41, 5.74) is 1.51. The number of rotatable bonds is 5. The second-order valence-electron chi connectivity index (χ2n) is 5.02. The van der Waals surface area contributed by atoms with Crippen LogP contribution in [0.3, 0.4) is 0 Å². The fourth-order valence-electron chi connectivity index (χ4n) is 2.02. The van der Waals surface area contributed by atoms with E-state index in [4.69, 9.17) is 4.74 Å². The number of nitro benzene ring substituents is 1. The second-order valence-corrected chi connectivity index (χ2v) is 5.02. The molecule has 2 rings (SSSR count). The minimum atomic E-state index is -0.657. The molecular formula is C17H15NO6. The van der Waals surface area contributed by atoms with Crippen molar-refractivity contribution in [2.24, 2.45) is 0 Å². The molecule has 0 amide bonds. The van der Waals surface area contributed by atoms with E-state index < -0.39 is 16.9 Å². The Morgan fingerprint density at radius 3 is 2.25 bits per heavy atom. The summed E-state index contributed by atoms with van der Waals surface area (Å²) in [4.78, 5) is 33.7. The molecule has 0 aromatic heterocycles. The van der Waals surface area contributed by atoms with Crippen LogP contribution in [0.1, 0.15) is 31.8 Å². The largest absolute Gasteiger partial charge is 0.465 e. The van der Waals surface area contributed by atoms with Crippen molar-refractivity contribution < 1.29 is 24.0 Å². The summed E-state index contributed by atoms with van der Waals surface area (Å²) in [6.45, 7) is 1.58. The van der Waals surface area contributed by atoms with E-state index in [1.165, 1.54) is 25.3 Å². The molecule has 0 aliphatic rings. The fraction of sp³-hybridized carbons (Fsp3) is 0.176. The minimum Gasteiger partial charge on any atom is -0.465 e. The molecule has 0 radical (unpaired) electrons. The summed E-state index contributed by atoms with van der Waals surface area (Å²) in [5.74, 6) is -1.11. The van der Waals surface area contributed by atoms with E-state index in [0.29, 0.717) is 16.7 Å². The van der Waals surface area contributed by atoms with Crippen LogP contribution in [0.15, 0.2) is 42.5 Å². The molecule has 2 aromatic carbocycles. The van der Waals surface area contributed by atoms with Crippen LogP contribution < -0.4 is 0 Å². The van der Waals surface area contributed by atoms with Crippen LogP contribution in [0, 0.1) is 17.0 Å². The molecule has 0 saturated heterocycles. The SMILES string of the molecule is COC(=O)c1ccc(COC(=O)c2ccc(C)c([N+](=O)[O-])c2)cc1. The summed E-state index contributed by atoms with van der Waals surface area (Å²) < 4.78 is 9.73. The maximum atomic E-state index is 12.0. The lowest BCUT2D eigenvalue weighted by Gasteiger charge is -2.06. The Morgan fingerprint density at radius 2 is 1.67 bits per heavy atom. The van der Waals surface area contributed by atoms with Gasteiger partial charge in [0.25, 0.3) is 5.69 Å². The zero-order chi connectivity index (χ0) is 17.7. The highest BCUT2D eigenvalue weighted by Crippen LogP contribution is 2.20. The maximum absolute atomic E-state index is 12.0. The number of carbonyl (C=O) groups excluding carboxylic acids is 2. The third-order valence-corrected chi connectivity index (χ3v) is 3.39. The maximum Gasteiger partial charge on any atom is 0.338 e. The number of benzene rings is 2. The number of hydrogen-bond acceptors (Lipinski definition) is 6. The molecule has 0 saturated carbocycles. The summed E-state index contributed by atoms with van der Waals surface area (Å²) >= 11 is 0. The first-order valence-electron chi connectivity index (χ1n) is 7.02. The van der Waals surface area contributed by atoms with Crippen molar-refractivity contribution in [3.63, 3.8) is 0 Å². The predicted molar refractivity (Wildman–Crippen MR) is 84.7 cm³/mol. The molecule has 0 fully saturated rings. The van der Waals surface area contributed by atoms with Crippen LogP contribution in [0.5, 0.6) is 0 Å². The Labute approximate surface area is 138 Å². The highest BCUT2D eigenvalue weighted by molar-refractivity contribution is 5.90. The molecule has 0 bridgehead atoms. The molecule has 0 aliphatic carbocycles. The van der Waals surface area contributed by atoms with Crippen molar-refractivity contribution in [2.45, 2.75) is 13.5 Å². The molecule has 0 unspecified atom stereocenters. The Balaban J connectivity index is 2.04. The van der Waals surface area contributed by atoms with Crippen LogP contribution in [-0.4, -0.2) is 24.0 Å². The summed E-state index contributed by atoms with van der Waals surface area (Å²) in [7, 11) is 1.29. The van der Waals surface area contributed by atoms with Crippen molar-refractivity contribution >= 4 is 17.6 Å². The summed E-state index contributed by atoms with van der Waals surface area (Å²) in [6, 6.07) is 10.6. The quantitative estimate of drug-likeness (QED) is 0.475. The van der Waals surface area contributed by atoms with E-state index in [1.807, 2.05) is 0 Å². The van der Waals surface area contributed by atoms with Gasteiger partial charge >= 0.3 is 11.9 Å². The Morgan fingerprint density at radius 1 is 1.04 bits per heavy atom. The van der Waals surface area contributed by atoms with Crippen LogP contribution in [0.4, 0.5) is 5.69 Å². The number of methoxy groups -OCH3 is 1. The van der Waals surface area contributed by atoms with Crippen molar-refractivity contribution in [1.29, 1.82) is 0 Å². The molecule has 0 atom stereocenters. The first kappa shape index (κ1) is 17.1. The highest BCUT2D eigenvalue weighted by atomic mass is 16.6. The van der Waals surface area contributed by atoms with Crippen LogP contribution in [-0.2, 0) is 16.1 Å². The molecule has 124 valence electrons. The normalized spacial score (nSPS) is 10.1. The van der Waals surface area contributed by atoms with E-state index in [1.54, 1.807) is 31.2 Å². The van der Waals surface area contributed by atoms with Gasteiger partial charge in [-0.25, -0.2) is 9.59 Å². The lowest BCUT2D eigenvalue weighted by atomic mass is 10.1. The summed E-state index contributed by atoms with van der Waals surface area (Å²) in [5, 5.41) is 10.9. The molecule has 2 aromatic rings. The summed E-state index contributed by atoms with van der Waals surface area (Å²) in [6.07, 6.45) is 0. The lowest BCUT2D eigenvalue weighted by molar-refractivity contribution is -0.385. The van der Waals surface area contributed by atoms with Gasteiger partial charge in [-0.1, -0.05) is 18.2 Å². The van der Waals surface area contributed by atoms with Crippen molar-refractivity contribution in [3.05, 3.63) is 74.8 Å². The minimum absolute atomic E-state index is 0.0119. The van der Waals surface area contributed by atoms with Crippen LogP contribution in [0.25, 0.3) is 0 Å². The monoisotopic (exact) mass is 329 g/mol. The third kappa shape index (κ3) is 3.95. The smallest absolute Gasteiger partial charge is 0.338 e. The number of nitro groups is 1. The molecule has 0 spiro atoms. The van der Waals surface area contributed by atoms with Crippen LogP contribution >= 0.6 is 0 Å². The van der Waals surface area contributed by atoms with E-state index in [0.717, 1.165) is 0 Å². The Bertz CT molecular complexity index is 782. The van der Waals surface area contributed by atoms with E-state index in [-0.39, 0.29) is 17.9 Å². The number of carbonyl (C=O) groups is 2. The van der Waals surface area contributed by atoms with Gasteiger partial charge in [0.15, 0.2) is 0 Å². The molecule has 0 aliphatic heterocycles. The third-order valence-electron chi connectivity index (χ3n) is 3.39. The van der Waals surface area contributed by atoms with Gasteiger partial charge in [0.05, 0.1) is 23.2 Å². The van der Waals surface area contributed by atoms with E-state index >= 15 is 0 Å². The van der Waals surface area contributed by atoms with Gasteiger partial charge in [-0.3, -0.25) is 10.1 Å². The van der Waals surface area contributed by atoms with Crippen molar-refractivity contribution in [3.8, 4) is 0 Å². The van der Waals surface area contributed by atoms with Crippen molar-refractivity contribution in [2.75, 3.05) is 7.11 Å². The Hall–Kier alpha value is -3.22. The second kappa shape index (κ2) is 7.36. The average Bonchev–Trinajstić information content (AvgIpc) is 2.59. The average molecular weight is 329 g/mol. The zero-order valence-corrected chi connectivity index (χ0v) is 13.1. The molecule has 24 heavy (non-hydrogen) atoms. The van der Waals surface area contributed by atoms with Crippen molar-refractivity contribution in [1.82, 2.24) is 0 Å². The van der Waals surface area contributed by atoms with Gasteiger partial charge in [0, 0.05) is 11.6 Å². The molecule has 7 nitrogen and oxygen atoms in total.